The number of hydrogen-bond donors (Lipinski definition) is 0. The molecular weight excluding hydrogens is 308 g/mol. The van der Waals surface area contributed by atoms with E-state index in [9.17, 15) is 0 Å². The summed E-state index contributed by atoms with van der Waals surface area (Å²) in [5.74, 6) is 0.537. The zero-order chi connectivity index (χ0) is 18.6. The van der Waals surface area contributed by atoms with Gasteiger partial charge < -0.3 is 9.47 Å². The van der Waals surface area contributed by atoms with E-state index in [0.717, 1.165) is 51.9 Å². The van der Waals surface area contributed by atoms with E-state index in [1.807, 2.05) is 12.2 Å². The maximum Gasteiger partial charge on any atom is 0.0625 e. The summed E-state index contributed by atoms with van der Waals surface area (Å²) >= 11 is 0. The van der Waals surface area contributed by atoms with Crippen LogP contribution in [-0.4, -0.2) is 25.9 Å². The van der Waals surface area contributed by atoms with E-state index in [1.54, 1.807) is 0 Å². The van der Waals surface area contributed by atoms with Gasteiger partial charge in [0.25, 0.3) is 0 Å². The van der Waals surface area contributed by atoms with E-state index >= 15 is 0 Å². The highest BCUT2D eigenvalue weighted by Gasteiger charge is 2.21. The Labute approximate surface area is 158 Å². The van der Waals surface area contributed by atoms with Gasteiger partial charge in [-0.1, -0.05) is 51.7 Å². The van der Waals surface area contributed by atoms with Gasteiger partial charge in [-0.15, -0.1) is 13.2 Å². The zero-order valence-corrected chi connectivity index (χ0v) is 17.1. The van der Waals surface area contributed by atoms with Crippen molar-refractivity contribution >= 4 is 0 Å². The lowest BCUT2D eigenvalue weighted by atomic mass is 9.93. The first kappa shape index (κ1) is 24.4. The molecule has 0 bridgehead atoms. The molecule has 0 aliphatic heterocycles. The van der Waals surface area contributed by atoms with Crippen molar-refractivity contribution in [3.8, 4) is 0 Å². The Morgan fingerprint density at radius 1 is 0.760 bits per heavy atom. The lowest BCUT2D eigenvalue weighted by Gasteiger charge is -2.27. The highest BCUT2D eigenvalue weighted by molar-refractivity contribution is 4.73. The van der Waals surface area contributed by atoms with Gasteiger partial charge in [0.1, 0.15) is 0 Å². The Morgan fingerprint density at radius 3 is 2.12 bits per heavy atom. The molecule has 0 aromatic rings. The third kappa shape index (κ3) is 15.4. The summed E-state index contributed by atoms with van der Waals surface area (Å²) in [4.78, 5) is 0. The van der Waals surface area contributed by atoms with Crippen LogP contribution in [0.15, 0.2) is 25.3 Å². The van der Waals surface area contributed by atoms with Crippen LogP contribution in [0.3, 0.4) is 0 Å². The molecule has 0 rings (SSSR count). The molecule has 0 radical (unpaired) electrons. The largest absolute Gasteiger partial charge is 0.381 e. The van der Waals surface area contributed by atoms with Crippen LogP contribution < -0.4 is 0 Å². The van der Waals surface area contributed by atoms with Crippen molar-refractivity contribution < 1.29 is 9.47 Å². The maximum atomic E-state index is 6.31. The van der Waals surface area contributed by atoms with E-state index in [2.05, 4.69) is 27.0 Å². The quantitative estimate of drug-likeness (QED) is 0.172. The first-order chi connectivity index (χ1) is 12.3. The second-order valence-electron chi connectivity index (χ2n) is 7.10. The van der Waals surface area contributed by atoms with Crippen molar-refractivity contribution in [2.75, 3.05) is 19.8 Å². The van der Waals surface area contributed by atoms with Crippen molar-refractivity contribution in [3.05, 3.63) is 25.3 Å². The van der Waals surface area contributed by atoms with Crippen LogP contribution in [0.1, 0.15) is 90.9 Å². The van der Waals surface area contributed by atoms with Crippen molar-refractivity contribution in [2.45, 2.75) is 97.0 Å². The Bertz CT molecular complexity index is 288. The summed E-state index contributed by atoms with van der Waals surface area (Å²) in [5, 5.41) is 0. The Hall–Kier alpha value is -0.600. The van der Waals surface area contributed by atoms with Gasteiger partial charge >= 0.3 is 0 Å². The van der Waals surface area contributed by atoms with E-state index < -0.39 is 0 Å². The minimum Gasteiger partial charge on any atom is -0.381 e. The van der Waals surface area contributed by atoms with Crippen LogP contribution in [0.25, 0.3) is 0 Å². The highest BCUT2D eigenvalue weighted by atomic mass is 16.5. The molecule has 0 amide bonds. The average Bonchev–Trinajstić information content (AvgIpc) is 2.62. The fourth-order valence-electron chi connectivity index (χ4n) is 3.09. The molecule has 0 spiro atoms. The monoisotopic (exact) mass is 352 g/mol. The molecule has 0 aromatic carbocycles. The predicted molar refractivity (Wildman–Crippen MR) is 111 cm³/mol. The number of ether oxygens (including phenoxy) is 2. The topological polar surface area (TPSA) is 18.5 Å². The fraction of sp³-hybridized carbons (Fsp3) is 0.826. The summed E-state index contributed by atoms with van der Waals surface area (Å²) in [5.41, 5.74) is 0. The molecule has 0 fully saturated rings. The van der Waals surface area contributed by atoms with Crippen LogP contribution in [0.4, 0.5) is 0 Å². The highest BCUT2D eigenvalue weighted by Crippen LogP contribution is 2.22. The van der Waals surface area contributed by atoms with Crippen LogP contribution in [0, 0.1) is 5.92 Å². The number of hydrogen-bond acceptors (Lipinski definition) is 2. The van der Waals surface area contributed by atoms with Gasteiger partial charge in [-0.25, -0.2) is 0 Å². The molecule has 2 atom stereocenters. The second kappa shape index (κ2) is 19.7. The summed E-state index contributed by atoms with van der Waals surface area (Å²) in [6.45, 7) is 14.7. The van der Waals surface area contributed by atoms with Gasteiger partial charge in [0, 0.05) is 19.1 Å². The third-order valence-electron chi connectivity index (χ3n) is 4.69. The normalized spacial score (nSPS) is 13.5. The molecule has 0 N–H and O–H groups in total. The summed E-state index contributed by atoms with van der Waals surface area (Å²) in [7, 11) is 0. The van der Waals surface area contributed by atoms with Gasteiger partial charge in [-0.05, 0) is 51.4 Å². The van der Waals surface area contributed by atoms with Crippen LogP contribution in [0.2, 0.25) is 0 Å². The summed E-state index contributed by atoms with van der Waals surface area (Å²) < 4.78 is 12.3. The van der Waals surface area contributed by atoms with Crippen LogP contribution in [0.5, 0.6) is 0 Å². The third-order valence-corrected chi connectivity index (χ3v) is 4.69. The van der Waals surface area contributed by atoms with Crippen molar-refractivity contribution in [1.82, 2.24) is 0 Å². The number of rotatable bonds is 20. The lowest BCUT2D eigenvalue weighted by molar-refractivity contribution is -0.0322. The molecule has 0 heterocycles. The van der Waals surface area contributed by atoms with Gasteiger partial charge in [-0.3, -0.25) is 0 Å². The first-order valence-corrected chi connectivity index (χ1v) is 10.7. The first-order valence-electron chi connectivity index (χ1n) is 10.7. The van der Waals surface area contributed by atoms with E-state index in [-0.39, 0.29) is 0 Å². The summed E-state index contributed by atoms with van der Waals surface area (Å²) in [6, 6.07) is 0. The van der Waals surface area contributed by atoms with Gasteiger partial charge in [-0.2, -0.15) is 0 Å². The molecule has 2 nitrogen and oxygen atoms in total. The zero-order valence-electron chi connectivity index (χ0n) is 17.1. The van der Waals surface area contributed by atoms with Crippen molar-refractivity contribution in [3.63, 3.8) is 0 Å². The van der Waals surface area contributed by atoms with Gasteiger partial charge in [0.15, 0.2) is 0 Å². The molecule has 0 aromatic heterocycles. The summed E-state index contributed by atoms with van der Waals surface area (Å²) in [6.07, 6.45) is 18.6. The fourth-order valence-corrected chi connectivity index (χ4v) is 3.09. The lowest BCUT2D eigenvalue weighted by Crippen LogP contribution is -2.29. The van der Waals surface area contributed by atoms with Crippen molar-refractivity contribution in [1.29, 1.82) is 0 Å². The van der Waals surface area contributed by atoms with Crippen LogP contribution >= 0.6 is 0 Å². The standard InChI is InChI=1S/C23H44O2/c1-5-9-12-14-16-20-25-23(17-8-4)22(18-15-13-10-6-2)21-24-19-11-7-3/h5-6,22-23H,1-2,7-21H2,3-4H3. The van der Waals surface area contributed by atoms with E-state index in [1.165, 1.54) is 44.9 Å². The molecule has 2 unspecified atom stereocenters. The molecule has 0 aliphatic carbocycles. The molecule has 0 aliphatic rings. The smallest absolute Gasteiger partial charge is 0.0625 e. The Morgan fingerprint density at radius 2 is 1.48 bits per heavy atom. The van der Waals surface area contributed by atoms with E-state index in [0.29, 0.717) is 12.0 Å². The van der Waals surface area contributed by atoms with E-state index in [4.69, 9.17) is 9.47 Å². The molecule has 148 valence electrons. The maximum absolute atomic E-state index is 6.31. The molecular formula is C23H44O2. The molecule has 0 saturated heterocycles. The predicted octanol–water partition coefficient (Wildman–Crippen LogP) is 7.10. The van der Waals surface area contributed by atoms with Crippen molar-refractivity contribution in [2.24, 2.45) is 5.92 Å². The SMILES string of the molecule is C=CCCCCCOC(CCC)C(CCCCC=C)COCCCC. The molecule has 0 saturated carbocycles. The van der Waals surface area contributed by atoms with Crippen LogP contribution in [-0.2, 0) is 9.47 Å². The second-order valence-corrected chi connectivity index (χ2v) is 7.10. The van der Waals surface area contributed by atoms with Gasteiger partial charge in [0.2, 0.25) is 0 Å². The number of allylic oxidation sites excluding steroid dienone is 2. The Kier molecular flexibility index (Phi) is 19.2. The molecule has 2 heteroatoms. The van der Waals surface area contributed by atoms with Gasteiger partial charge in [0.05, 0.1) is 12.7 Å². The average molecular weight is 353 g/mol. The minimum atomic E-state index is 0.356. The molecule has 25 heavy (non-hydrogen) atoms. The number of unbranched alkanes of at least 4 members (excludes halogenated alkanes) is 6. The Balaban J connectivity index is 4.32. The minimum absolute atomic E-state index is 0.356.